The maximum Gasteiger partial charge on any atom is 0.490 e. The molecule has 2 aliphatic rings. The molecule has 0 radical (unpaired) electrons. The number of alkyl halides is 3. The molecule has 0 aliphatic carbocycles. The molecule has 3 rings (SSSR count). The van der Waals surface area contributed by atoms with E-state index in [4.69, 9.17) is 14.6 Å². The predicted octanol–water partition coefficient (Wildman–Crippen LogP) is 2.17. The molecule has 162 valence electrons. The number of carbonyl (C=O) groups excluding carboxylic acids is 1. The highest BCUT2D eigenvalue weighted by Crippen LogP contribution is 2.33. The van der Waals surface area contributed by atoms with Crippen LogP contribution in [0, 0.1) is 5.92 Å². The van der Waals surface area contributed by atoms with Crippen molar-refractivity contribution in [2.75, 3.05) is 26.7 Å². The summed E-state index contributed by atoms with van der Waals surface area (Å²) in [6.07, 6.45) is 0.443. The van der Waals surface area contributed by atoms with Crippen molar-refractivity contribution in [1.29, 1.82) is 0 Å². The average molecular weight is 417 g/mol. The first kappa shape index (κ1) is 23.1. The third kappa shape index (κ3) is 6.14. The normalized spacial score (nSPS) is 24.4. The minimum atomic E-state index is -5.08. The monoisotopic (exact) mass is 417 g/mol. The van der Waals surface area contributed by atoms with Crippen molar-refractivity contribution in [3.05, 3.63) is 30.1 Å². The van der Waals surface area contributed by atoms with E-state index in [1.807, 2.05) is 19.2 Å². The van der Waals surface area contributed by atoms with E-state index in [9.17, 15) is 18.0 Å². The van der Waals surface area contributed by atoms with Gasteiger partial charge < -0.3 is 14.7 Å². The molecule has 1 N–H and O–H groups in total. The molecule has 2 saturated heterocycles. The number of aromatic nitrogens is 1. The molecule has 2 fully saturated rings. The number of piperidine rings is 1. The zero-order valence-electron chi connectivity index (χ0n) is 16.4. The van der Waals surface area contributed by atoms with Gasteiger partial charge in [0, 0.05) is 58.0 Å². The quantitative estimate of drug-likeness (QED) is 0.809. The molecule has 1 aromatic rings. The molecule has 3 atom stereocenters. The molecule has 0 bridgehead atoms. The van der Waals surface area contributed by atoms with Gasteiger partial charge in [0.1, 0.15) is 0 Å². The Morgan fingerprint density at radius 3 is 2.55 bits per heavy atom. The van der Waals surface area contributed by atoms with Gasteiger partial charge in [0.15, 0.2) is 0 Å². The average Bonchev–Trinajstić information content (AvgIpc) is 3.10. The fraction of sp³-hybridized carbons (Fsp3) is 0.632. The largest absolute Gasteiger partial charge is 0.490 e. The highest BCUT2D eigenvalue weighted by molar-refractivity contribution is 5.76. The number of methoxy groups -OCH3 is 1. The number of nitrogens with zero attached hydrogens (tertiary/aromatic N) is 3. The summed E-state index contributed by atoms with van der Waals surface area (Å²) in [6.45, 7) is 5.59. The molecule has 1 amide bonds. The molecule has 0 spiro atoms. The zero-order chi connectivity index (χ0) is 21.6. The van der Waals surface area contributed by atoms with Crippen molar-refractivity contribution in [2.24, 2.45) is 5.92 Å². The molecule has 10 heteroatoms. The second kappa shape index (κ2) is 10.0. The number of likely N-dealkylation sites (tertiary alicyclic amines) is 2. The minimum Gasteiger partial charge on any atom is -0.475 e. The summed E-state index contributed by atoms with van der Waals surface area (Å²) >= 11 is 0. The van der Waals surface area contributed by atoms with E-state index in [0.717, 1.165) is 32.6 Å². The second-order valence-corrected chi connectivity index (χ2v) is 7.09. The number of aliphatic carboxylic acids is 1. The molecule has 0 aromatic carbocycles. The molecule has 7 nitrogen and oxygen atoms in total. The predicted molar refractivity (Wildman–Crippen MR) is 97.9 cm³/mol. The number of ether oxygens (including phenoxy) is 1. The van der Waals surface area contributed by atoms with E-state index in [0.29, 0.717) is 18.4 Å². The van der Waals surface area contributed by atoms with Gasteiger partial charge >= 0.3 is 12.1 Å². The number of carbonyl (C=O) groups is 2. The van der Waals surface area contributed by atoms with Gasteiger partial charge in [-0.05, 0) is 18.1 Å². The first-order chi connectivity index (χ1) is 13.7. The van der Waals surface area contributed by atoms with Crippen LogP contribution in [-0.2, 0) is 20.9 Å². The van der Waals surface area contributed by atoms with E-state index >= 15 is 0 Å². The number of carboxylic acids is 1. The van der Waals surface area contributed by atoms with Crippen LogP contribution >= 0.6 is 0 Å². The van der Waals surface area contributed by atoms with Crippen molar-refractivity contribution in [1.82, 2.24) is 14.8 Å². The fourth-order valence-electron chi connectivity index (χ4n) is 3.92. The van der Waals surface area contributed by atoms with Crippen molar-refractivity contribution < 1.29 is 32.6 Å². The first-order valence-corrected chi connectivity index (χ1v) is 9.41. The molecule has 3 heterocycles. The van der Waals surface area contributed by atoms with Crippen LogP contribution in [0.15, 0.2) is 24.5 Å². The van der Waals surface area contributed by atoms with E-state index in [-0.39, 0.29) is 12.0 Å². The van der Waals surface area contributed by atoms with Crippen LogP contribution in [0.4, 0.5) is 13.2 Å². The summed E-state index contributed by atoms with van der Waals surface area (Å²) in [7, 11) is 1.79. The number of fused-ring (bicyclic) bond motifs is 1. The fourth-order valence-corrected chi connectivity index (χ4v) is 3.92. The number of hydrogen-bond donors (Lipinski definition) is 1. The van der Waals surface area contributed by atoms with Gasteiger partial charge in [0.05, 0.1) is 12.1 Å². The van der Waals surface area contributed by atoms with Crippen molar-refractivity contribution in [2.45, 2.75) is 44.6 Å². The Morgan fingerprint density at radius 1 is 1.34 bits per heavy atom. The molecule has 2 aliphatic heterocycles. The van der Waals surface area contributed by atoms with E-state index < -0.39 is 12.1 Å². The lowest BCUT2D eigenvalue weighted by Gasteiger charge is -2.41. The molecular weight excluding hydrogens is 391 g/mol. The Hall–Kier alpha value is -2.20. The Kier molecular flexibility index (Phi) is 7.97. The summed E-state index contributed by atoms with van der Waals surface area (Å²) in [4.78, 5) is 29.8. The highest BCUT2D eigenvalue weighted by Gasteiger charge is 2.45. The third-order valence-corrected chi connectivity index (χ3v) is 5.24. The third-order valence-electron chi connectivity index (χ3n) is 5.24. The molecule has 1 aromatic heterocycles. The van der Waals surface area contributed by atoms with Crippen LogP contribution in [0.2, 0.25) is 0 Å². The van der Waals surface area contributed by atoms with Crippen LogP contribution in [0.3, 0.4) is 0 Å². The SMILES string of the molecule is CCC(=O)N1CC[C@H](OC)[C@H]2CN(Cc3cccnc3)C[C@H]21.O=C(O)C(F)(F)F. The van der Waals surface area contributed by atoms with E-state index in [2.05, 4.69) is 20.9 Å². The summed E-state index contributed by atoms with van der Waals surface area (Å²) in [5.74, 6) is -2.06. The van der Waals surface area contributed by atoms with Crippen LogP contribution in [0.5, 0.6) is 0 Å². The number of pyridine rings is 1. The first-order valence-electron chi connectivity index (χ1n) is 9.41. The summed E-state index contributed by atoms with van der Waals surface area (Å²) in [5.41, 5.74) is 1.23. The Labute approximate surface area is 167 Å². The van der Waals surface area contributed by atoms with Gasteiger partial charge in [-0.3, -0.25) is 14.7 Å². The van der Waals surface area contributed by atoms with Gasteiger partial charge in [-0.2, -0.15) is 13.2 Å². The Balaban J connectivity index is 0.000000370. The summed E-state index contributed by atoms with van der Waals surface area (Å²) in [6, 6.07) is 4.38. The standard InChI is InChI=1S/C17H25N3O2.C2HF3O2/c1-3-17(21)20-8-6-16(22-2)14-11-19(12-15(14)20)10-13-5-4-7-18-9-13;3-2(4,5)1(6)7/h4-5,7,9,14-16H,3,6,8,10-12H2,1-2H3;(H,6,7)/t14-,15+,16-;/m0./s1. The highest BCUT2D eigenvalue weighted by atomic mass is 19.4. The van der Waals surface area contributed by atoms with Gasteiger partial charge in [0.2, 0.25) is 5.91 Å². The molecule has 0 unspecified atom stereocenters. The minimum absolute atomic E-state index is 0.268. The van der Waals surface area contributed by atoms with E-state index in [1.165, 1.54) is 5.56 Å². The number of halogens is 3. The van der Waals surface area contributed by atoms with Crippen LogP contribution in [-0.4, -0.2) is 76.8 Å². The van der Waals surface area contributed by atoms with Gasteiger partial charge in [0.25, 0.3) is 0 Å². The lowest BCUT2D eigenvalue weighted by Crippen LogP contribution is -2.53. The number of rotatable bonds is 4. The lowest BCUT2D eigenvalue weighted by molar-refractivity contribution is -0.192. The lowest BCUT2D eigenvalue weighted by atomic mass is 9.89. The van der Waals surface area contributed by atoms with E-state index in [1.54, 1.807) is 13.3 Å². The number of amides is 1. The zero-order valence-corrected chi connectivity index (χ0v) is 16.4. The Bertz CT molecular complexity index is 687. The van der Waals surface area contributed by atoms with Gasteiger partial charge in [-0.1, -0.05) is 13.0 Å². The molecule has 0 saturated carbocycles. The van der Waals surface area contributed by atoms with Gasteiger partial charge in [-0.15, -0.1) is 0 Å². The van der Waals surface area contributed by atoms with Gasteiger partial charge in [-0.25, -0.2) is 4.79 Å². The van der Waals surface area contributed by atoms with Crippen LogP contribution in [0.1, 0.15) is 25.3 Å². The maximum atomic E-state index is 12.2. The topological polar surface area (TPSA) is 83.0 Å². The number of carboxylic acid groups (broad SMARTS) is 1. The molecule has 29 heavy (non-hydrogen) atoms. The van der Waals surface area contributed by atoms with Crippen molar-refractivity contribution >= 4 is 11.9 Å². The van der Waals surface area contributed by atoms with Crippen LogP contribution < -0.4 is 0 Å². The van der Waals surface area contributed by atoms with Crippen molar-refractivity contribution in [3.63, 3.8) is 0 Å². The van der Waals surface area contributed by atoms with Crippen LogP contribution in [0.25, 0.3) is 0 Å². The summed E-state index contributed by atoms with van der Waals surface area (Å²) < 4.78 is 37.4. The molecular formula is C19H26F3N3O4. The summed E-state index contributed by atoms with van der Waals surface area (Å²) in [5, 5.41) is 7.12. The Morgan fingerprint density at radius 2 is 2.03 bits per heavy atom. The smallest absolute Gasteiger partial charge is 0.475 e. The second-order valence-electron chi connectivity index (χ2n) is 7.09. The maximum absolute atomic E-state index is 12.2. The van der Waals surface area contributed by atoms with Crippen molar-refractivity contribution in [3.8, 4) is 0 Å². The number of hydrogen-bond acceptors (Lipinski definition) is 5.